The van der Waals surface area contributed by atoms with Crippen molar-refractivity contribution in [3.63, 3.8) is 0 Å². The number of thioether (sulfide) groups is 1. The van der Waals surface area contributed by atoms with E-state index in [2.05, 4.69) is 76.1 Å². The van der Waals surface area contributed by atoms with Crippen molar-refractivity contribution >= 4 is 39.7 Å². The molecule has 0 radical (unpaired) electrons. The molecule has 28 heavy (non-hydrogen) atoms. The molecule has 3 heterocycles. The van der Waals surface area contributed by atoms with Gasteiger partial charge in [0.05, 0.1) is 6.10 Å². The van der Waals surface area contributed by atoms with E-state index in [4.69, 9.17) is 0 Å². The maximum absolute atomic E-state index is 10.0. The number of rotatable bonds is 4. The number of aromatic nitrogens is 1. The maximum atomic E-state index is 10.0. The molecule has 0 bridgehead atoms. The van der Waals surface area contributed by atoms with Gasteiger partial charge in [-0.25, -0.2) is 0 Å². The van der Waals surface area contributed by atoms with Gasteiger partial charge in [-0.15, -0.1) is 23.1 Å². The second kappa shape index (κ2) is 7.32. The maximum Gasteiger partial charge on any atom is 0.0731 e. The fourth-order valence-electron chi connectivity index (χ4n) is 3.96. The van der Waals surface area contributed by atoms with Crippen molar-refractivity contribution in [3.05, 3.63) is 60.0 Å². The Morgan fingerprint density at radius 2 is 2.07 bits per heavy atom. The Bertz CT molecular complexity index is 1120. The molecule has 1 atom stereocenters. The topological polar surface area (TPSA) is 39.3 Å². The van der Waals surface area contributed by atoms with Crippen molar-refractivity contribution in [2.45, 2.75) is 17.4 Å². The first kappa shape index (κ1) is 17.9. The number of hydrogen-bond donors (Lipinski definition) is 2. The summed E-state index contributed by atoms with van der Waals surface area (Å²) in [5.74, 6) is 0. The first-order chi connectivity index (χ1) is 13.7. The molecule has 0 amide bonds. The highest BCUT2D eigenvalue weighted by atomic mass is 32.2. The van der Waals surface area contributed by atoms with E-state index in [1.165, 1.54) is 32.0 Å². The van der Waals surface area contributed by atoms with Gasteiger partial charge in [-0.05, 0) is 60.0 Å². The van der Waals surface area contributed by atoms with Crippen molar-refractivity contribution in [1.29, 1.82) is 0 Å². The van der Waals surface area contributed by atoms with Gasteiger partial charge >= 0.3 is 0 Å². The summed E-state index contributed by atoms with van der Waals surface area (Å²) in [6.07, 6.45) is 2.71. The molecule has 1 saturated heterocycles. The minimum Gasteiger partial charge on any atom is -0.391 e. The van der Waals surface area contributed by atoms with Crippen molar-refractivity contribution in [2.75, 3.05) is 24.2 Å². The zero-order chi connectivity index (χ0) is 19.1. The third-order valence-electron chi connectivity index (χ3n) is 5.43. The normalized spacial score (nSPS) is 16.9. The number of β-amino-alcohol motifs (C(OH)–C–C–N with tert-alkyl or cyclic N) is 1. The van der Waals surface area contributed by atoms with Crippen LogP contribution in [-0.4, -0.2) is 35.5 Å². The second-order valence-electron chi connectivity index (χ2n) is 7.23. The molecule has 0 aliphatic carbocycles. The number of hydrogen-bond acceptors (Lipinski definition) is 4. The molecule has 2 N–H and O–H groups in total. The summed E-state index contributed by atoms with van der Waals surface area (Å²) >= 11 is 3.52. The molecule has 2 aromatic heterocycles. The van der Waals surface area contributed by atoms with Crippen LogP contribution in [0.1, 0.15) is 6.42 Å². The molecular formula is C23H22N2OS2. The summed E-state index contributed by atoms with van der Waals surface area (Å²) in [7, 11) is 0. The smallest absolute Gasteiger partial charge is 0.0731 e. The Balaban J connectivity index is 1.60. The van der Waals surface area contributed by atoms with Gasteiger partial charge in [-0.1, -0.05) is 18.2 Å². The molecule has 1 unspecified atom stereocenters. The van der Waals surface area contributed by atoms with Crippen molar-refractivity contribution < 1.29 is 5.11 Å². The third kappa shape index (κ3) is 3.24. The zero-order valence-electron chi connectivity index (χ0n) is 15.7. The van der Waals surface area contributed by atoms with Crippen LogP contribution in [0.2, 0.25) is 0 Å². The molecule has 4 aromatic rings. The van der Waals surface area contributed by atoms with Gasteiger partial charge in [0.1, 0.15) is 0 Å². The number of nitrogens with zero attached hydrogens (tertiary/aromatic N) is 1. The Labute approximate surface area is 173 Å². The van der Waals surface area contributed by atoms with E-state index >= 15 is 0 Å². The molecule has 0 spiro atoms. The lowest BCUT2D eigenvalue weighted by Crippen LogP contribution is -2.21. The van der Waals surface area contributed by atoms with Gasteiger partial charge in [-0.3, -0.25) is 0 Å². The van der Waals surface area contributed by atoms with Crippen LogP contribution in [0.4, 0.5) is 5.69 Å². The Hall–Kier alpha value is -2.21. The lowest BCUT2D eigenvalue weighted by Gasteiger charge is -2.21. The highest BCUT2D eigenvalue weighted by molar-refractivity contribution is 7.98. The SMILES string of the molecule is CSc1ccc(N2CCC(O)C2)c(-c2cc3ccc(-c4cccs4)cc3[nH]2)c1. The highest BCUT2D eigenvalue weighted by Crippen LogP contribution is 2.37. The van der Waals surface area contributed by atoms with Crippen LogP contribution >= 0.6 is 23.1 Å². The second-order valence-corrected chi connectivity index (χ2v) is 9.06. The molecule has 0 saturated carbocycles. The van der Waals surface area contributed by atoms with Gasteiger partial charge in [0.15, 0.2) is 0 Å². The molecule has 142 valence electrons. The van der Waals surface area contributed by atoms with E-state index in [0.717, 1.165) is 24.2 Å². The average molecular weight is 407 g/mol. The monoisotopic (exact) mass is 406 g/mol. The molecule has 3 nitrogen and oxygen atoms in total. The standard InChI is InChI=1S/C23H22N2OS2/c1-27-18-6-7-22(25-9-8-17(26)14-25)19(13-18)21-11-15-4-5-16(12-20(15)24-21)23-3-2-10-28-23/h2-7,10-13,17,24,26H,8-9,14H2,1H3. The van der Waals surface area contributed by atoms with Gasteiger partial charge in [0.25, 0.3) is 0 Å². The lowest BCUT2D eigenvalue weighted by atomic mass is 10.1. The average Bonchev–Trinajstić information content (AvgIpc) is 3.47. The number of nitrogens with one attached hydrogen (secondary N) is 1. The van der Waals surface area contributed by atoms with Crippen LogP contribution < -0.4 is 4.90 Å². The van der Waals surface area contributed by atoms with E-state index in [9.17, 15) is 5.11 Å². The summed E-state index contributed by atoms with van der Waals surface area (Å²) in [6.45, 7) is 1.60. The number of aromatic amines is 1. The van der Waals surface area contributed by atoms with Gasteiger partial charge in [-0.2, -0.15) is 0 Å². The quantitative estimate of drug-likeness (QED) is 0.417. The minimum absolute atomic E-state index is 0.232. The number of fused-ring (bicyclic) bond motifs is 1. The fraction of sp³-hybridized carbons (Fsp3) is 0.217. The summed E-state index contributed by atoms with van der Waals surface area (Å²) in [5.41, 5.74) is 5.93. The van der Waals surface area contributed by atoms with Gasteiger partial charge in [0.2, 0.25) is 0 Å². The zero-order valence-corrected chi connectivity index (χ0v) is 17.3. The van der Waals surface area contributed by atoms with E-state index in [1.54, 1.807) is 23.1 Å². The molecular weight excluding hydrogens is 384 g/mol. The number of thiophene rings is 1. The lowest BCUT2D eigenvalue weighted by molar-refractivity contribution is 0.198. The number of aliphatic hydroxyl groups is 1. The largest absolute Gasteiger partial charge is 0.391 e. The van der Waals surface area contributed by atoms with Crippen LogP contribution in [0.5, 0.6) is 0 Å². The minimum atomic E-state index is -0.232. The van der Waals surface area contributed by atoms with Crippen molar-refractivity contribution in [1.82, 2.24) is 4.98 Å². The van der Waals surface area contributed by atoms with Crippen LogP contribution in [0.25, 0.3) is 32.6 Å². The van der Waals surface area contributed by atoms with Gasteiger partial charge in [0, 0.05) is 50.7 Å². The van der Waals surface area contributed by atoms with Crippen LogP contribution in [-0.2, 0) is 0 Å². The molecule has 1 aliphatic heterocycles. The molecule has 2 aromatic carbocycles. The number of aliphatic hydroxyl groups excluding tert-OH is 1. The van der Waals surface area contributed by atoms with E-state index in [0.29, 0.717) is 6.54 Å². The Morgan fingerprint density at radius 3 is 2.82 bits per heavy atom. The van der Waals surface area contributed by atoms with Gasteiger partial charge < -0.3 is 15.0 Å². The first-order valence-electron chi connectivity index (χ1n) is 9.49. The van der Waals surface area contributed by atoms with E-state index in [-0.39, 0.29) is 6.10 Å². The highest BCUT2D eigenvalue weighted by Gasteiger charge is 2.23. The summed E-state index contributed by atoms with van der Waals surface area (Å²) in [4.78, 5) is 8.48. The predicted molar refractivity (Wildman–Crippen MR) is 122 cm³/mol. The van der Waals surface area contributed by atoms with Crippen molar-refractivity contribution in [2.24, 2.45) is 0 Å². The summed E-state index contributed by atoms with van der Waals surface area (Å²) in [6, 6.07) is 19.8. The molecule has 5 heteroatoms. The molecule has 5 rings (SSSR count). The number of benzene rings is 2. The summed E-state index contributed by atoms with van der Waals surface area (Å²) < 4.78 is 0. The molecule has 1 fully saturated rings. The Kier molecular flexibility index (Phi) is 4.67. The third-order valence-corrected chi connectivity index (χ3v) is 7.07. The van der Waals surface area contributed by atoms with Crippen LogP contribution in [0, 0.1) is 0 Å². The number of anilines is 1. The van der Waals surface area contributed by atoms with E-state index in [1.807, 2.05) is 0 Å². The molecule has 1 aliphatic rings. The summed E-state index contributed by atoms with van der Waals surface area (Å²) in [5, 5.41) is 13.3. The Morgan fingerprint density at radius 1 is 1.14 bits per heavy atom. The number of H-pyrrole nitrogens is 1. The van der Waals surface area contributed by atoms with Crippen LogP contribution in [0.15, 0.2) is 64.9 Å². The first-order valence-corrected chi connectivity index (χ1v) is 11.6. The van der Waals surface area contributed by atoms with Crippen LogP contribution in [0.3, 0.4) is 0 Å². The van der Waals surface area contributed by atoms with E-state index < -0.39 is 0 Å². The predicted octanol–water partition coefficient (Wildman–Crippen LogP) is 5.86. The van der Waals surface area contributed by atoms with Crippen molar-refractivity contribution in [3.8, 4) is 21.7 Å². The fourth-order valence-corrected chi connectivity index (χ4v) is 5.13.